The molecule has 2 aliphatic heterocycles. The van der Waals surface area contributed by atoms with Crippen molar-refractivity contribution < 1.29 is 14.3 Å². The summed E-state index contributed by atoms with van der Waals surface area (Å²) in [6.45, 7) is 5.67. The highest BCUT2D eigenvalue weighted by molar-refractivity contribution is 8.01. The summed E-state index contributed by atoms with van der Waals surface area (Å²) in [4.78, 5) is 29.1. The number of hydrogen-bond acceptors (Lipinski definition) is 4. The molecule has 0 spiro atoms. The van der Waals surface area contributed by atoms with E-state index in [-0.39, 0.29) is 17.9 Å². The summed E-state index contributed by atoms with van der Waals surface area (Å²) in [6.07, 6.45) is 2.11. The number of nitrogens with one attached hydrogen (secondary N) is 1. The van der Waals surface area contributed by atoms with E-state index in [1.54, 1.807) is 0 Å². The number of ether oxygens (including phenoxy) is 1. The summed E-state index contributed by atoms with van der Waals surface area (Å²) in [7, 11) is 0. The summed E-state index contributed by atoms with van der Waals surface area (Å²) in [5.41, 5.74) is 3.18. The van der Waals surface area contributed by atoms with Crippen LogP contribution in [0.3, 0.4) is 0 Å². The van der Waals surface area contributed by atoms with Crippen LogP contribution in [0, 0.1) is 12.8 Å². The Bertz CT molecular complexity index is 909. The number of nitrogens with zero attached hydrogens (tertiary/aromatic N) is 1. The van der Waals surface area contributed by atoms with E-state index in [0.717, 1.165) is 35.6 Å². The summed E-state index contributed by atoms with van der Waals surface area (Å²) in [6, 6.07) is 16.2. The SMILES string of the molecule is Cc1ccc(CN2C(=O)[C@H]([C@H](C)C(=O)NC[C@H]3CCCO3)Sc3ccccc32)cc1. The Morgan fingerprint density at radius 2 is 2.00 bits per heavy atom. The highest BCUT2D eigenvalue weighted by atomic mass is 32.2. The minimum absolute atomic E-state index is 0.0148. The molecule has 30 heavy (non-hydrogen) atoms. The first-order chi connectivity index (χ1) is 14.5. The van der Waals surface area contributed by atoms with Gasteiger partial charge in [-0.1, -0.05) is 48.9 Å². The van der Waals surface area contributed by atoms with Crippen LogP contribution in [0.2, 0.25) is 0 Å². The van der Waals surface area contributed by atoms with Crippen LogP contribution in [0.4, 0.5) is 5.69 Å². The van der Waals surface area contributed by atoms with Crippen molar-refractivity contribution in [3.63, 3.8) is 0 Å². The summed E-state index contributed by atoms with van der Waals surface area (Å²) < 4.78 is 5.59. The zero-order valence-corrected chi connectivity index (χ0v) is 18.3. The highest BCUT2D eigenvalue weighted by Crippen LogP contribution is 2.42. The van der Waals surface area contributed by atoms with E-state index in [1.807, 2.05) is 36.1 Å². The molecule has 0 aromatic heterocycles. The molecule has 0 saturated carbocycles. The molecular weight excluding hydrogens is 396 g/mol. The van der Waals surface area contributed by atoms with Crippen LogP contribution < -0.4 is 10.2 Å². The van der Waals surface area contributed by atoms with Crippen molar-refractivity contribution >= 4 is 29.3 Å². The van der Waals surface area contributed by atoms with Crippen molar-refractivity contribution in [2.24, 2.45) is 5.92 Å². The second-order valence-electron chi connectivity index (χ2n) is 8.09. The molecule has 3 atom stereocenters. The standard InChI is InChI=1S/C24H28N2O3S/c1-16-9-11-18(12-10-16)15-26-20-7-3-4-8-21(20)30-22(24(26)28)17(2)23(27)25-14-19-6-5-13-29-19/h3-4,7-12,17,19,22H,5-6,13-15H2,1-2H3,(H,25,27)/t17-,19+,22-/m0/s1. The maximum absolute atomic E-state index is 13.5. The Kier molecular flexibility index (Phi) is 6.44. The Hall–Kier alpha value is -2.31. The minimum atomic E-state index is -0.449. The Morgan fingerprint density at radius 3 is 2.73 bits per heavy atom. The Labute approximate surface area is 182 Å². The third-order valence-electron chi connectivity index (χ3n) is 5.78. The zero-order valence-electron chi connectivity index (χ0n) is 17.5. The molecule has 5 nitrogen and oxygen atoms in total. The number of anilines is 1. The van der Waals surface area contributed by atoms with Gasteiger partial charge in [-0.15, -0.1) is 11.8 Å². The molecule has 0 bridgehead atoms. The second kappa shape index (κ2) is 9.23. The van der Waals surface area contributed by atoms with E-state index in [9.17, 15) is 9.59 Å². The molecule has 1 fully saturated rings. The molecule has 1 saturated heterocycles. The number of amides is 2. The van der Waals surface area contributed by atoms with Gasteiger partial charge in [-0.05, 0) is 37.5 Å². The van der Waals surface area contributed by atoms with Gasteiger partial charge in [0.05, 0.1) is 24.3 Å². The first kappa shape index (κ1) is 20.9. The average molecular weight is 425 g/mol. The van der Waals surface area contributed by atoms with Crippen molar-refractivity contribution in [1.29, 1.82) is 0 Å². The van der Waals surface area contributed by atoms with Crippen molar-refractivity contribution in [3.8, 4) is 0 Å². The summed E-state index contributed by atoms with van der Waals surface area (Å²) in [5, 5.41) is 2.54. The van der Waals surface area contributed by atoms with Crippen LogP contribution in [-0.2, 0) is 20.9 Å². The Balaban J connectivity index is 1.51. The van der Waals surface area contributed by atoms with Gasteiger partial charge in [-0.3, -0.25) is 9.59 Å². The Morgan fingerprint density at radius 1 is 1.23 bits per heavy atom. The lowest BCUT2D eigenvalue weighted by molar-refractivity contribution is -0.128. The van der Waals surface area contributed by atoms with Gasteiger partial charge in [0, 0.05) is 18.0 Å². The molecule has 0 unspecified atom stereocenters. The third kappa shape index (κ3) is 4.55. The van der Waals surface area contributed by atoms with E-state index in [1.165, 1.54) is 17.3 Å². The predicted octanol–water partition coefficient (Wildman–Crippen LogP) is 3.93. The zero-order chi connectivity index (χ0) is 21.1. The largest absolute Gasteiger partial charge is 0.376 e. The number of rotatable bonds is 6. The number of fused-ring (bicyclic) bond motifs is 1. The van der Waals surface area contributed by atoms with Crippen molar-refractivity contribution in [3.05, 3.63) is 59.7 Å². The lowest BCUT2D eigenvalue weighted by Crippen LogP contribution is -2.48. The van der Waals surface area contributed by atoms with Gasteiger partial charge in [-0.25, -0.2) is 0 Å². The number of aryl methyl sites for hydroxylation is 1. The fraction of sp³-hybridized carbons (Fsp3) is 0.417. The van der Waals surface area contributed by atoms with Gasteiger partial charge in [0.1, 0.15) is 5.25 Å². The molecule has 4 rings (SSSR count). The summed E-state index contributed by atoms with van der Waals surface area (Å²) in [5.74, 6) is -0.539. The maximum atomic E-state index is 13.5. The molecule has 0 aliphatic carbocycles. The molecule has 2 heterocycles. The molecule has 2 aromatic carbocycles. The van der Waals surface area contributed by atoms with Crippen LogP contribution in [0.1, 0.15) is 30.9 Å². The number of thioether (sulfide) groups is 1. The van der Waals surface area contributed by atoms with E-state index >= 15 is 0 Å². The van der Waals surface area contributed by atoms with E-state index in [0.29, 0.717) is 13.1 Å². The van der Waals surface area contributed by atoms with Gasteiger partial charge in [-0.2, -0.15) is 0 Å². The predicted molar refractivity (Wildman–Crippen MR) is 120 cm³/mol. The van der Waals surface area contributed by atoms with Crippen LogP contribution in [0.15, 0.2) is 53.4 Å². The molecule has 6 heteroatoms. The van der Waals surface area contributed by atoms with Crippen LogP contribution in [0.5, 0.6) is 0 Å². The second-order valence-corrected chi connectivity index (χ2v) is 9.27. The van der Waals surface area contributed by atoms with E-state index in [2.05, 4.69) is 36.5 Å². The first-order valence-corrected chi connectivity index (χ1v) is 11.4. The monoisotopic (exact) mass is 424 g/mol. The number of benzene rings is 2. The quantitative estimate of drug-likeness (QED) is 0.763. The van der Waals surface area contributed by atoms with Crippen LogP contribution in [0.25, 0.3) is 0 Å². The van der Waals surface area contributed by atoms with E-state index < -0.39 is 11.2 Å². The smallest absolute Gasteiger partial charge is 0.241 e. The highest BCUT2D eigenvalue weighted by Gasteiger charge is 2.39. The van der Waals surface area contributed by atoms with Gasteiger partial charge in [0.2, 0.25) is 11.8 Å². The summed E-state index contributed by atoms with van der Waals surface area (Å²) >= 11 is 1.49. The third-order valence-corrected chi connectivity index (χ3v) is 7.24. The lowest BCUT2D eigenvalue weighted by Gasteiger charge is -2.36. The van der Waals surface area contributed by atoms with Crippen molar-refractivity contribution in [2.45, 2.75) is 49.5 Å². The first-order valence-electron chi connectivity index (χ1n) is 10.5. The van der Waals surface area contributed by atoms with E-state index in [4.69, 9.17) is 4.74 Å². The number of carbonyl (C=O) groups is 2. The van der Waals surface area contributed by atoms with Gasteiger partial charge in [0.15, 0.2) is 0 Å². The van der Waals surface area contributed by atoms with Crippen molar-refractivity contribution in [2.75, 3.05) is 18.1 Å². The number of para-hydroxylation sites is 1. The van der Waals surface area contributed by atoms with Crippen molar-refractivity contribution in [1.82, 2.24) is 5.32 Å². The number of carbonyl (C=O) groups excluding carboxylic acids is 2. The molecular formula is C24H28N2O3S. The molecule has 158 valence electrons. The lowest BCUT2D eigenvalue weighted by atomic mass is 10.0. The molecule has 1 N–H and O–H groups in total. The van der Waals surface area contributed by atoms with Gasteiger partial charge >= 0.3 is 0 Å². The fourth-order valence-electron chi connectivity index (χ4n) is 3.91. The molecule has 2 aromatic rings. The van der Waals surface area contributed by atoms with Crippen LogP contribution >= 0.6 is 11.8 Å². The van der Waals surface area contributed by atoms with Gasteiger partial charge < -0.3 is 15.0 Å². The molecule has 2 aliphatic rings. The number of hydrogen-bond donors (Lipinski definition) is 1. The molecule has 2 amide bonds. The normalized spacial score (nSPS) is 21.9. The van der Waals surface area contributed by atoms with Gasteiger partial charge in [0.25, 0.3) is 0 Å². The topological polar surface area (TPSA) is 58.6 Å². The van der Waals surface area contributed by atoms with Crippen LogP contribution in [-0.4, -0.2) is 36.3 Å². The average Bonchev–Trinajstić information content (AvgIpc) is 3.28. The minimum Gasteiger partial charge on any atom is -0.376 e. The fourth-order valence-corrected chi connectivity index (χ4v) is 5.20. The maximum Gasteiger partial charge on any atom is 0.241 e. The molecule has 0 radical (unpaired) electrons.